The van der Waals surface area contributed by atoms with Crippen molar-refractivity contribution in [3.8, 4) is 17.6 Å². The van der Waals surface area contributed by atoms with Gasteiger partial charge in [-0.1, -0.05) is 11.8 Å². The molecule has 4 rings (SSSR count). The third-order valence-electron chi connectivity index (χ3n) is 5.24. The van der Waals surface area contributed by atoms with E-state index in [-0.39, 0.29) is 35.0 Å². The monoisotopic (exact) mass is 432 g/mol. The normalized spacial score (nSPS) is 20.1. The molecule has 2 N–H and O–H groups in total. The number of carbonyl (C=O) groups excluding carboxylic acids is 1. The summed E-state index contributed by atoms with van der Waals surface area (Å²) in [7, 11) is 1.38. The van der Waals surface area contributed by atoms with Crippen LogP contribution in [-0.2, 0) is 12.1 Å². The SMILES string of the molecule is COc1cnn(Cc2cc3c(cc2F)C(C#CC2CC2)(C(C)(F)F)NC(=O)N3)c(=O)c1. The number of alkyl halides is 2. The van der Waals surface area contributed by atoms with Crippen LogP contribution in [-0.4, -0.2) is 28.8 Å². The summed E-state index contributed by atoms with van der Waals surface area (Å²) in [6.45, 7) is 0.366. The van der Waals surface area contributed by atoms with Crippen molar-refractivity contribution in [2.24, 2.45) is 5.92 Å². The number of nitrogens with zero attached hydrogens (tertiary/aromatic N) is 2. The zero-order valence-electron chi connectivity index (χ0n) is 16.8. The molecule has 2 heterocycles. The molecule has 1 aliphatic carbocycles. The van der Waals surface area contributed by atoms with Gasteiger partial charge in [-0.15, -0.1) is 0 Å². The molecule has 1 atom stereocenters. The second kappa shape index (κ2) is 7.34. The van der Waals surface area contributed by atoms with Crippen LogP contribution in [0.15, 0.2) is 29.2 Å². The second-order valence-electron chi connectivity index (χ2n) is 7.64. The van der Waals surface area contributed by atoms with Crippen LogP contribution >= 0.6 is 0 Å². The summed E-state index contributed by atoms with van der Waals surface area (Å²) >= 11 is 0. The van der Waals surface area contributed by atoms with Crippen molar-refractivity contribution in [1.29, 1.82) is 0 Å². The van der Waals surface area contributed by atoms with E-state index in [1.165, 1.54) is 25.4 Å². The number of amides is 2. The van der Waals surface area contributed by atoms with E-state index < -0.39 is 28.9 Å². The zero-order valence-corrected chi connectivity index (χ0v) is 16.8. The maximum Gasteiger partial charge on any atom is 0.320 e. The third kappa shape index (κ3) is 3.83. The van der Waals surface area contributed by atoms with Gasteiger partial charge >= 0.3 is 6.03 Å². The van der Waals surface area contributed by atoms with Gasteiger partial charge in [0.25, 0.3) is 11.5 Å². The van der Waals surface area contributed by atoms with Crippen LogP contribution in [0.5, 0.6) is 5.75 Å². The number of rotatable bonds is 4. The van der Waals surface area contributed by atoms with Gasteiger partial charge in [-0.2, -0.15) is 5.10 Å². The lowest BCUT2D eigenvalue weighted by Crippen LogP contribution is -2.59. The molecule has 2 amide bonds. The lowest BCUT2D eigenvalue weighted by molar-refractivity contribution is -0.0465. The molecule has 0 saturated heterocycles. The molecule has 0 bridgehead atoms. The molecule has 2 aromatic rings. The fourth-order valence-electron chi connectivity index (χ4n) is 3.35. The number of benzene rings is 1. The minimum Gasteiger partial charge on any atom is -0.495 e. The van der Waals surface area contributed by atoms with Crippen molar-refractivity contribution >= 4 is 11.7 Å². The minimum atomic E-state index is -3.50. The number of nitrogens with one attached hydrogen (secondary N) is 2. The van der Waals surface area contributed by atoms with E-state index in [1.54, 1.807) is 0 Å². The Morgan fingerprint density at radius 3 is 2.68 bits per heavy atom. The van der Waals surface area contributed by atoms with Gasteiger partial charge in [-0.05, 0) is 25.0 Å². The molecule has 1 unspecified atom stereocenters. The molecule has 1 aromatic carbocycles. The number of methoxy groups -OCH3 is 1. The lowest BCUT2D eigenvalue weighted by Gasteiger charge is -2.40. The second-order valence-corrected chi connectivity index (χ2v) is 7.64. The molecule has 1 saturated carbocycles. The van der Waals surface area contributed by atoms with Gasteiger partial charge in [-0.25, -0.2) is 22.6 Å². The first kappa shape index (κ1) is 20.8. The van der Waals surface area contributed by atoms with Crippen LogP contribution in [0, 0.1) is 23.6 Å². The van der Waals surface area contributed by atoms with Crippen LogP contribution in [0.25, 0.3) is 0 Å². The van der Waals surface area contributed by atoms with Crippen molar-refractivity contribution in [3.63, 3.8) is 0 Å². The Morgan fingerprint density at radius 1 is 1.32 bits per heavy atom. The van der Waals surface area contributed by atoms with Crippen molar-refractivity contribution in [1.82, 2.24) is 15.1 Å². The number of urea groups is 1. The van der Waals surface area contributed by atoms with E-state index in [1.807, 2.05) is 0 Å². The van der Waals surface area contributed by atoms with Crippen molar-refractivity contribution in [2.75, 3.05) is 12.4 Å². The molecule has 1 aromatic heterocycles. The quantitative estimate of drug-likeness (QED) is 0.728. The Labute approximate surface area is 175 Å². The van der Waals surface area contributed by atoms with Gasteiger partial charge < -0.3 is 15.4 Å². The number of halogens is 3. The molecule has 1 aliphatic heterocycles. The van der Waals surface area contributed by atoms with Crippen molar-refractivity contribution < 1.29 is 22.7 Å². The Hall–Kier alpha value is -3.48. The molecular weight excluding hydrogens is 413 g/mol. The van der Waals surface area contributed by atoms with Crippen LogP contribution in [0.3, 0.4) is 0 Å². The van der Waals surface area contributed by atoms with Crippen LogP contribution < -0.4 is 20.9 Å². The Kier molecular flexibility index (Phi) is 4.92. The summed E-state index contributed by atoms with van der Waals surface area (Å²) in [6.07, 6.45) is 2.89. The predicted octanol–water partition coefficient (Wildman–Crippen LogP) is 2.84. The molecule has 1 fully saturated rings. The molecule has 162 valence electrons. The van der Waals surface area contributed by atoms with Crippen molar-refractivity contribution in [3.05, 3.63) is 51.7 Å². The number of hydrogen-bond acceptors (Lipinski definition) is 4. The highest BCUT2D eigenvalue weighted by molar-refractivity contribution is 5.95. The maximum atomic E-state index is 15.0. The summed E-state index contributed by atoms with van der Waals surface area (Å²) < 4.78 is 50.4. The fraction of sp³-hybridized carbons (Fsp3) is 0.381. The summed E-state index contributed by atoms with van der Waals surface area (Å²) in [4.78, 5) is 24.4. The molecule has 0 spiro atoms. The van der Waals surface area contributed by atoms with Gasteiger partial charge in [-0.3, -0.25) is 4.79 Å². The van der Waals surface area contributed by atoms with E-state index in [2.05, 4.69) is 27.6 Å². The number of ether oxygens (including phenoxy) is 1. The number of hydrogen-bond donors (Lipinski definition) is 2. The van der Waals surface area contributed by atoms with E-state index in [0.29, 0.717) is 6.92 Å². The summed E-state index contributed by atoms with van der Waals surface area (Å²) in [6, 6.07) is 2.45. The van der Waals surface area contributed by atoms with Gasteiger partial charge in [0.05, 0.1) is 19.9 Å². The average Bonchev–Trinajstić information content (AvgIpc) is 3.52. The molecule has 31 heavy (non-hydrogen) atoms. The predicted molar refractivity (Wildman–Crippen MR) is 106 cm³/mol. The maximum absolute atomic E-state index is 15.0. The molecule has 0 radical (unpaired) electrons. The van der Waals surface area contributed by atoms with Crippen LogP contribution in [0.2, 0.25) is 0 Å². The topological polar surface area (TPSA) is 85.2 Å². The van der Waals surface area contributed by atoms with Gasteiger partial charge in [0.2, 0.25) is 0 Å². The van der Waals surface area contributed by atoms with Gasteiger partial charge in [0.1, 0.15) is 11.6 Å². The number of carbonyl (C=O) groups is 1. The number of fused-ring (bicyclic) bond motifs is 1. The standard InChI is InChI=1S/C21H19F3N4O3/c1-20(23,24)21(6-5-12-3-4-12)15-9-16(22)13(7-17(15)26-19(30)27-21)11-28-18(29)8-14(31-2)10-25-28/h7-10,12H,3-4,11H2,1-2H3,(H2,26,27,30). The Balaban J connectivity index is 1.80. The zero-order chi connectivity index (χ0) is 22.4. The van der Waals surface area contributed by atoms with Crippen LogP contribution in [0.1, 0.15) is 30.9 Å². The van der Waals surface area contributed by atoms with E-state index in [4.69, 9.17) is 4.74 Å². The molecule has 10 heteroatoms. The summed E-state index contributed by atoms with van der Waals surface area (Å²) in [5.41, 5.74) is -3.10. The third-order valence-corrected chi connectivity index (χ3v) is 5.24. The van der Waals surface area contributed by atoms with Crippen molar-refractivity contribution in [2.45, 2.75) is 37.8 Å². The van der Waals surface area contributed by atoms with Gasteiger partial charge in [0.15, 0.2) is 5.54 Å². The van der Waals surface area contributed by atoms with Gasteiger partial charge in [0, 0.05) is 35.7 Å². The van der Waals surface area contributed by atoms with E-state index in [0.717, 1.165) is 23.6 Å². The highest BCUT2D eigenvalue weighted by atomic mass is 19.3. The summed E-state index contributed by atoms with van der Waals surface area (Å²) in [5.74, 6) is 1.20. The highest BCUT2D eigenvalue weighted by Gasteiger charge is 2.55. The molecule has 7 nitrogen and oxygen atoms in total. The first-order chi connectivity index (χ1) is 14.6. The van der Waals surface area contributed by atoms with Crippen LogP contribution in [0.4, 0.5) is 23.7 Å². The summed E-state index contributed by atoms with van der Waals surface area (Å²) in [5, 5.41) is 8.54. The Morgan fingerprint density at radius 2 is 2.06 bits per heavy atom. The number of anilines is 1. The van der Waals surface area contributed by atoms with E-state index in [9.17, 15) is 22.8 Å². The molecular formula is C21H19F3N4O3. The molecule has 2 aliphatic rings. The number of aromatic nitrogens is 2. The Bertz CT molecular complexity index is 1180. The largest absolute Gasteiger partial charge is 0.495 e. The smallest absolute Gasteiger partial charge is 0.320 e. The highest BCUT2D eigenvalue weighted by Crippen LogP contribution is 2.44. The van der Waals surface area contributed by atoms with E-state index >= 15 is 0 Å². The fourth-order valence-corrected chi connectivity index (χ4v) is 3.35. The lowest BCUT2D eigenvalue weighted by atomic mass is 9.81. The first-order valence-electron chi connectivity index (χ1n) is 9.57. The minimum absolute atomic E-state index is 0.00617. The first-order valence-corrected chi connectivity index (χ1v) is 9.57. The average molecular weight is 432 g/mol.